The first kappa shape index (κ1) is 12.6. The van der Waals surface area contributed by atoms with Gasteiger partial charge in [-0.2, -0.15) is 0 Å². The third-order valence-corrected chi connectivity index (χ3v) is 3.05. The molecule has 0 unspecified atom stereocenters. The van der Waals surface area contributed by atoms with Gasteiger partial charge < -0.3 is 15.5 Å². The van der Waals surface area contributed by atoms with Gasteiger partial charge in [-0.1, -0.05) is 0 Å². The fourth-order valence-corrected chi connectivity index (χ4v) is 1.67. The molecule has 94 valence electrons. The van der Waals surface area contributed by atoms with Crippen LogP contribution in [0.25, 0.3) is 0 Å². The molecule has 2 rings (SSSR count). The maximum Gasteiger partial charge on any atom is 0.251 e. The van der Waals surface area contributed by atoms with Crippen LogP contribution in [0, 0.1) is 6.92 Å². The van der Waals surface area contributed by atoms with Gasteiger partial charge in [0.1, 0.15) is 5.76 Å². The number of nitrogens with zero attached hydrogens (tertiary/aromatic N) is 1. The number of hydrogen-bond donors (Lipinski definition) is 2. The first-order chi connectivity index (χ1) is 8.56. The topological polar surface area (TPSA) is 81.2 Å². The Kier molecular flexibility index (Phi) is 3.66. The Morgan fingerprint density at radius 1 is 1.56 bits per heavy atom. The Morgan fingerprint density at radius 3 is 2.94 bits per heavy atom. The van der Waals surface area contributed by atoms with E-state index < -0.39 is 0 Å². The largest absolute Gasteiger partial charge is 0.444 e. The highest BCUT2D eigenvalue weighted by Crippen LogP contribution is 2.20. The van der Waals surface area contributed by atoms with Crippen molar-refractivity contribution >= 4 is 27.5 Å². The number of oxazole rings is 1. The molecule has 0 atom stereocenters. The highest BCUT2D eigenvalue weighted by atomic mass is 79.9. The molecule has 1 heterocycles. The molecule has 18 heavy (non-hydrogen) atoms. The van der Waals surface area contributed by atoms with Crippen molar-refractivity contribution in [1.29, 1.82) is 0 Å². The SMILES string of the molecule is Cc1cnc(CNC(=O)c2ccc(Br)c(N)c2)o1. The number of nitrogen functional groups attached to an aromatic ring is 1. The van der Waals surface area contributed by atoms with Crippen molar-refractivity contribution in [2.45, 2.75) is 13.5 Å². The highest BCUT2D eigenvalue weighted by molar-refractivity contribution is 9.10. The lowest BCUT2D eigenvalue weighted by Gasteiger charge is -2.04. The molecule has 0 radical (unpaired) electrons. The number of aryl methyl sites for hydroxylation is 1. The van der Waals surface area contributed by atoms with E-state index in [1.807, 2.05) is 0 Å². The van der Waals surface area contributed by atoms with Crippen LogP contribution in [0.2, 0.25) is 0 Å². The minimum atomic E-state index is -0.218. The van der Waals surface area contributed by atoms with Crippen LogP contribution in [-0.2, 0) is 6.54 Å². The second-order valence-corrected chi connectivity index (χ2v) is 4.64. The summed E-state index contributed by atoms with van der Waals surface area (Å²) in [5, 5.41) is 2.71. The van der Waals surface area contributed by atoms with Gasteiger partial charge in [0, 0.05) is 15.7 Å². The summed E-state index contributed by atoms with van der Waals surface area (Å²) in [7, 11) is 0. The summed E-state index contributed by atoms with van der Waals surface area (Å²) < 4.78 is 6.02. The summed E-state index contributed by atoms with van der Waals surface area (Å²) in [5.41, 5.74) is 6.73. The maximum absolute atomic E-state index is 11.8. The zero-order chi connectivity index (χ0) is 13.1. The van der Waals surface area contributed by atoms with Gasteiger partial charge in [0.15, 0.2) is 0 Å². The third-order valence-electron chi connectivity index (χ3n) is 2.33. The predicted molar refractivity (Wildman–Crippen MR) is 71.0 cm³/mol. The second-order valence-electron chi connectivity index (χ2n) is 3.78. The number of amides is 1. The zero-order valence-electron chi connectivity index (χ0n) is 9.74. The summed E-state index contributed by atoms with van der Waals surface area (Å²) in [6.45, 7) is 2.05. The van der Waals surface area contributed by atoms with E-state index in [1.165, 1.54) is 0 Å². The van der Waals surface area contributed by atoms with Crippen LogP contribution in [0.1, 0.15) is 22.0 Å². The summed E-state index contributed by atoms with van der Waals surface area (Å²) in [6.07, 6.45) is 1.61. The van der Waals surface area contributed by atoms with E-state index in [0.29, 0.717) is 22.9 Å². The Hall–Kier alpha value is -1.82. The third kappa shape index (κ3) is 2.89. The van der Waals surface area contributed by atoms with Crippen LogP contribution < -0.4 is 11.1 Å². The standard InChI is InChI=1S/C12H12BrN3O2/c1-7-5-15-11(18-7)6-16-12(17)8-2-3-9(13)10(14)4-8/h2-5H,6,14H2,1H3,(H,16,17). The molecule has 0 aliphatic carbocycles. The Morgan fingerprint density at radius 2 is 2.33 bits per heavy atom. The molecule has 6 heteroatoms. The van der Waals surface area contributed by atoms with Crippen molar-refractivity contribution in [2.75, 3.05) is 5.73 Å². The van der Waals surface area contributed by atoms with Gasteiger partial charge >= 0.3 is 0 Å². The molecule has 2 aromatic rings. The summed E-state index contributed by atoms with van der Waals surface area (Å²) in [6, 6.07) is 5.04. The van der Waals surface area contributed by atoms with Gasteiger partial charge in [0.2, 0.25) is 5.89 Å². The molecule has 0 bridgehead atoms. The number of hydrogen-bond acceptors (Lipinski definition) is 4. The first-order valence-corrected chi connectivity index (χ1v) is 6.10. The van der Waals surface area contributed by atoms with Crippen LogP contribution >= 0.6 is 15.9 Å². The molecule has 0 saturated carbocycles. The smallest absolute Gasteiger partial charge is 0.251 e. The minimum Gasteiger partial charge on any atom is -0.444 e. The summed E-state index contributed by atoms with van der Waals surface area (Å²) in [5.74, 6) is 0.975. The number of rotatable bonds is 3. The Labute approximate surface area is 113 Å². The van der Waals surface area contributed by atoms with Gasteiger partial charge in [-0.3, -0.25) is 4.79 Å². The maximum atomic E-state index is 11.8. The molecule has 3 N–H and O–H groups in total. The summed E-state index contributed by atoms with van der Waals surface area (Å²) >= 11 is 3.28. The number of aromatic nitrogens is 1. The molecule has 1 aromatic heterocycles. The normalized spacial score (nSPS) is 10.3. The van der Waals surface area contributed by atoms with Crippen molar-refractivity contribution in [2.24, 2.45) is 0 Å². The zero-order valence-corrected chi connectivity index (χ0v) is 11.3. The van der Waals surface area contributed by atoms with Crippen molar-refractivity contribution in [3.05, 3.63) is 46.1 Å². The molecule has 1 aromatic carbocycles. The lowest BCUT2D eigenvalue weighted by molar-refractivity contribution is 0.0947. The lowest BCUT2D eigenvalue weighted by atomic mass is 10.2. The number of carbonyl (C=O) groups is 1. The van der Waals surface area contributed by atoms with Crippen molar-refractivity contribution < 1.29 is 9.21 Å². The van der Waals surface area contributed by atoms with Crippen molar-refractivity contribution in [1.82, 2.24) is 10.3 Å². The molecule has 0 saturated heterocycles. The molecule has 1 amide bonds. The lowest BCUT2D eigenvalue weighted by Crippen LogP contribution is -2.23. The average molecular weight is 310 g/mol. The van der Waals surface area contributed by atoms with Gasteiger partial charge in [-0.25, -0.2) is 4.98 Å². The van der Waals surface area contributed by atoms with Gasteiger partial charge in [0.05, 0.1) is 12.7 Å². The van der Waals surface area contributed by atoms with Crippen molar-refractivity contribution in [3.8, 4) is 0 Å². The predicted octanol–water partition coefficient (Wildman–Crippen LogP) is 2.26. The van der Waals surface area contributed by atoms with E-state index in [9.17, 15) is 4.79 Å². The second kappa shape index (κ2) is 5.22. The van der Waals surface area contributed by atoms with Gasteiger partial charge in [0.25, 0.3) is 5.91 Å². The van der Waals surface area contributed by atoms with Gasteiger partial charge in [-0.05, 0) is 41.1 Å². The Bertz CT molecular complexity index is 580. The van der Waals surface area contributed by atoms with E-state index in [2.05, 4.69) is 26.2 Å². The van der Waals surface area contributed by atoms with Crippen LogP contribution in [0.3, 0.4) is 0 Å². The van der Waals surface area contributed by atoms with Crippen molar-refractivity contribution in [3.63, 3.8) is 0 Å². The fourth-order valence-electron chi connectivity index (χ4n) is 1.43. The number of carbonyl (C=O) groups excluding carboxylic acids is 1. The Balaban J connectivity index is 2.01. The quantitative estimate of drug-likeness (QED) is 0.852. The number of halogens is 1. The van der Waals surface area contributed by atoms with Crippen LogP contribution in [0.5, 0.6) is 0 Å². The average Bonchev–Trinajstić information content (AvgIpc) is 2.75. The molecule has 0 spiro atoms. The molecule has 0 aliphatic heterocycles. The molecular weight excluding hydrogens is 298 g/mol. The molecule has 0 fully saturated rings. The van der Waals surface area contributed by atoms with E-state index in [0.717, 1.165) is 4.47 Å². The van der Waals surface area contributed by atoms with Crippen LogP contribution in [-0.4, -0.2) is 10.9 Å². The number of anilines is 1. The van der Waals surface area contributed by atoms with E-state index >= 15 is 0 Å². The minimum absolute atomic E-state index is 0.218. The molecule has 0 aliphatic rings. The number of benzene rings is 1. The van der Waals surface area contributed by atoms with Gasteiger partial charge in [-0.15, -0.1) is 0 Å². The molecular formula is C12H12BrN3O2. The number of nitrogens with two attached hydrogens (primary N) is 1. The number of nitrogens with one attached hydrogen (secondary N) is 1. The summed E-state index contributed by atoms with van der Waals surface area (Å²) in [4.78, 5) is 15.8. The fraction of sp³-hybridized carbons (Fsp3) is 0.167. The van der Waals surface area contributed by atoms with E-state index in [1.54, 1.807) is 31.3 Å². The van der Waals surface area contributed by atoms with Crippen LogP contribution in [0.4, 0.5) is 5.69 Å². The van der Waals surface area contributed by atoms with Crippen LogP contribution in [0.15, 0.2) is 33.3 Å². The first-order valence-electron chi connectivity index (χ1n) is 5.31. The highest BCUT2D eigenvalue weighted by Gasteiger charge is 2.08. The van der Waals surface area contributed by atoms with E-state index in [4.69, 9.17) is 10.2 Å². The monoisotopic (exact) mass is 309 g/mol. The molecule has 5 nitrogen and oxygen atoms in total. The van der Waals surface area contributed by atoms with E-state index in [-0.39, 0.29) is 12.5 Å².